The fraction of sp³-hybridized carbons (Fsp3) is 0.692. The van der Waals surface area contributed by atoms with Crippen molar-refractivity contribution in [1.82, 2.24) is 19.9 Å². The molecule has 0 unspecified atom stereocenters. The van der Waals surface area contributed by atoms with Crippen molar-refractivity contribution < 1.29 is 52.7 Å². The predicted octanol–water partition coefficient (Wildman–Crippen LogP) is -5.31. The second-order valence-electron chi connectivity index (χ2n) is 7.59. The minimum atomic E-state index is -3.87. The SMILES string of the molecule is C[C@]1(Cn2cc([Si](C)(C)C)nn2)[C@H](C(=O)[O-])N2C(=O)C[C@@H]2S1(=O)=O.[Na+]. The first-order chi connectivity index (χ1) is 10.9. The number of aliphatic carboxylic acids is 1. The smallest absolute Gasteiger partial charge is 0.548 e. The Morgan fingerprint density at radius 1 is 1.44 bits per heavy atom. The van der Waals surface area contributed by atoms with Gasteiger partial charge in [-0.2, -0.15) is 0 Å². The van der Waals surface area contributed by atoms with Crippen molar-refractivity contribution in [3.8, 4) is 0 Å². The van der Waals surface area contributed by atoms with Crippen molar-refractivity contribution in [2.24, 2.45) is 0 Å². The average molecular weight is 394 g/mol. The van der Waals surface area contributed by atoms with Crippen LogP contribution in [0, 0.1) is 0 Å². The fourth-order valence-electron chi connectivity index (χ4n) is 3.31. The van der Waals surface area contributed by atoms with E-state index in [2.05, 4.69) is 30.0 Å². The zero-order chi connectivity index (χ0) is 18.1. The molecule has 9 nitrogen and oxygen atoms in total. The molecule has 2 saturated heterocycles. The fourth-order valence-corrected chi connectivity index (χ4v) is 6.55. The summed E-state index contributed by atoms with van der Waals surface area (Å²) in [5.41, 5.74) is 0. The van der Waals surface area contributed by atoms with E-state index < -0.39 is 46.0 Å². The second kappa shape index (κ2) is 6.15. The van der Waals surface area contributed by atoms with Gasteiger partial charge >= 0.3 is 29.6 Å². The number of carbonyl (C=O) groups is 2. The van der Waals surface area contributed by atoms with Gasteiger partial charge in [0.25, 0.3) is 0 Å². The molecule has 2 fully saturated rings. The van der Waals surface area contributed by atoms with Gasteiger partial charge in [-0.15, -0.1) is 5.10 Å². The number of β-lactam (4-membered cyclic amide) rings is 1. The second-order valence-corrected chi connectivity index (χ2v) is 15.2. The quantitative estimate of drug-likeness (QED) is 0.369. The van der Waals surface area contributed by atoms with E-state index >= 15 is 0 Å². The van der Waals surface area contributed by atoms with Gasteiger partial charge in [0.2, 0.25) is 5.91 Å². The summed E-state index contributed by atoms with van der Waals surface area (Å²) in [4.78, 5) is 24.2. The largest absolute Gasteiger partial charge is 1.00 e. The first-order valence-electron chi connectivity index (χ1n) is 7.55. The molecule has 0 N–H and O–H groups in total. The minimum Gasteiger partial charge on any atom is -0.548 e. The molecular weight excluding hydrogens is 375 g/mol. The molecule has 3 atom stereocenters. The standard InChI is InChI=1S/C13H20N4O5SSi.Na/c1-13(7-16-6-8(14-15-16)24(2,3)4)11(12(19)20)17-9(18)5-10(17)23(13,21)22;/h6,10-11H,5,7H2,1-4H3,(H,19,20);/q;+1/p-1/t10-,11-,13-;/m0./s1. The minimum absolute atomic E-state index is 0. The Labute approximate surface area is 169 Å². The van der Waals surface area contributed by atoms with Crippen LogP contribution >= 0.6 is 0 Å². The van der Waals surface area contributed by atoms with Crippen LogP contribution in [0.4, 0.5) is 0 Å². The Kier molecular flexibility index (Phi) is 5.06. The van der Waals surface area contributed by atoms with Gasteiger partial charge in [0, 0.05) is 6.20 Å². The van der Waals surface area contributed by atoms with Gasteiger partial charge in [-0.1, -0.05) is 24.9 Å². The maximum Gasteiger partial charge on any atom is 1.00 e. The number of aromatic nitrogens is 3. The number of amides is 1. The van der Waals surface area contributed by atoms with Crippen LogP contribution in [0.25, 0.3) is 0 Å². The van der Waals surface area contributed by atoms with Crippen LogP contribution in [0.5, 0.6) is 0 Å². The molecule has 0 aromatic carbocycles. The van der Waals surface area contributed by atoms with Crippen molar-refractivity contribution in [3.63, 3.8) is 0 Å². The number of rotatable bonds is 4. The summed E-state index contributed by atoms with van der Waals surface area (Å²) in [5, 5.41) is 19.3. The molecule has 0 saturated carbocycles. The van der Waals surface area contributed by atoms with Gasteiger partial charge in [-0.3, -0.25) is 9.48 Å². The van der Waals surface area contributed by atoms with Crippen LogP contribution in [-0.2, 0) is 26.0 Å². The number of nitrogens with zero attached hydrogens (tertiary/aromatic N) is 4. The number of carboxylic acid groups (broad SMARTS) is 1. The van der Waals surface area contributed by atoms with E-state index in [1.165, 1.54) is 11.6 Å². The zero-order valence-corrected chi connectivity index (χ0v) is 18.7. The topological polar surface area (TPSA) is 125 Å². The Bertz CT molecular complexity index is 836. The van der Waals surface area contributed by atoms with Crippen LogP contribution in [0.2, 0.25) is 19.6 Å². The van der Waals surface area contributed by atoms with Gasteiger partial charge in [-0.25, -0.2) is 8.42 Å². The molecule has 1 aromatic heterocycles. The van der Waals surface area contributed by atoms with Gasteiger partial charge in [0.15, 0.2) is 9.84 Å². The third kappa shape index (κ3) is 2.89. The summed E-state index contributed by atoms with van der Waals surface area (Å²) >= 11 is 0. The van der Waals surface area contributed by atoms with Gasteiger partial charge in [0.05, 0.1) is 30.3 Å². The molecular formula is C13H19N4NaO5SSi. The van der Waals surface area contributed by atoms with E-state index in [9.17, 15) is 23.1 Å². The summed E-state index contributed by atoms with van der Waals surface area (Å²) in [6.45, 7) is 7.37. The number of hydrogen-bond donors (Lipinski definition) is 0. The molecule has 132 valence electrons. The number of sulfone groups is 1. The number of hydrogen-bond acceptors (Lipinski definition) is 7. The molecule has 0 radical (unpaired) electrons. The molecule has 0 aliphatic carbocycles. The van der Waals surface area contributed by atoms with Crippen molar-refractivity contribution in [1.29, 1.82) is 0 Å². The van der Waals surface area contributed by atoms with Crippen molar-refractivity contribution in [2.75, 3.05) is 0 Å². The van der Waals surface area contributed by atoms with Crippen molar-refractivity contribution >= 4 is 35.1 Å². The van der Waals surface area contributed by atoms with Crippen LogP contribution in [0.3, 0.4) is 0 Å². The Hall–Kier alpha value is -0.753. The predicted molar refractivity (Wildman–Crippen MR) is 84.4 cm³/mol. The Balaban J connectivity index is 0.00000225. The normalized spacial score (nSPS) is 30.4. The number of carboxylic acids is 1. The van der Waals surface area contributed by atoms with E-state index in [0.29, 0.717) is 0 Å². The summed E-state index contributed by atoms with van der Waals surface area (Å²) in [6.07, 6.45) is 1.48. The molecule has 0 spiro atoms. The maximum atomic E-state index is 12.8. The molecule has 0 bridgehead atoms. The first kappa shape index (κ1) is 20.6. The summed E-state index contributed by atoms with van der Waals surface area (Å²) in [5.74, 6) is -2.05. The average Bonchev–Trinajstić information content (AvgIpc) is 2.93. The summed E-state index contributed by atoms with van der Waals surface area (Å²) < 4.78 is 25.3. The third-order valence-corrected chi connectivity index (χ3v) is 9.35. The summed E-state index contributed by atoms with van der Waals surface area (Å²) in [6, 6.07) is -1.52. The Morgan fingerprint density at radius 2 is 2.04 bits per heavy atom. The van der Waals surface area contributed by atoms with Gasteiger partial charge in [-0.05, 0) is 6.92 Å². The van der Waals surface area contributed by atoms with E-state index in [0.717, 1.165) is 10.2 Å². The van der Waals surface area contributed by atoms with E-state index in [1.54, 1.807) is 6.20 Å². The molecule has 25 heavy (non-hydrogen) atoms. The molecule has 2 aliphatic rings. The summed E-state index contributed by atoms with van der Waals surface area (Å²) in [7, 11) is -5.60. The van der Waals surface area contributed by atoms with Crippen LogP contribution in [0.15, 0.2) is 6.20 Å². The first-order valence-corrected chi connectivity index (χ1v) is 12.6. The molecule has 3 heterocycles. The number of carbonyl (C=O) groups excluding carboxylic acids is 2. The maximum absolute atomic E-state index is 12.8. The molecule has 1 amide bonds. The van der Waals surface area contributed by atoms with E-state index in [4.69, 9.17) is 0 Å². The van der Waals surface area contributed by atoms with E-state index in [-0.39, 0.29) is 42.5 Å². The van der Waals surface area contributed by atoms with Crippen molar-refractivity contribution in [3.05, 3.63) is 6.20 Å². The molecule has 1 aromatic rings. The van der Waals surface area contributed by atoms with Gasteiger partial charge in [0.1, 0.15) is 18.2 Å². The van der Waals surface area contributed by atoms with Crippen LogP contribution < -0.4 is 40.0 Å². The van der Waals surface area contributed by atoms with E-state index in [1.807, 2.05) is 0 Å². The van der Waals surface area contributed by atoms with Gasteiger partial charge < -0.3 is 14.8 Å². The number of fused-ring (bicyclic) bond motifs is 1. The monoisotopic (exact) mass is 394 g/mol. The molecule has 3 rings (SSSR count). The van der Waals surface area contributed by atoms with Crippen LogP contribution in [0.1, 0.15) is 13.3 Å². The molecule has 2 aliphatic heterocycles. The van der Waals surface area contributed by atoms with Crippen LogP contribution in [-0.4, -0.2) is 64.4 Å². The zero-order valence-electron chi connectivity index (χ0n) is 14.9. The Morgan fingerprint density at radius 3 is 2.48 bits per heavy atom. The molecule has 12 heteroatoms. The third-order valence-electron chi connectivity index (χ3n) is 4.82. The van der Waals surface area contributed by atoms with Crippen molar-refractivity contribution in [2.45, 2.75) is 55.7 Å².